The summed E-state index contributed by atoms with van der Waals surface area (Å²) in [5, 5.41) is 17.1. The van der Waals surface area contributed by atoms with Gasteiger partial charge in [-0.3, -0.25) is 9.59 Å². The third-order valence-electron chi connectivity index (χ3n) is 2.64. The number of hydrogen-bond donors (Lipinski definition) is 2. The SMILES string of the molecule is O=C(O)CCCC(C(=O)O)N1CC(Cl)CC1=O. The Morgan fingerprint density at radius 3 is 2.53 bits per heavy atom. The molecule has 0 radical (unpaired) electrons. The van der Waals surface area contributed by atoms with Crippen LogP contribution in [0.5, 0.6) is 0 Å². The number of alkyl halides is 1. The lowest BCUT2D eigenvalue weighted by atomic mass is 10.1. The lowest BCUT2D eigenvalue weighted by Crippen LogP contribution is -2.42. The fourth-order valence-electron chi connectivity index (χ4n) is 1.85. The maximum Gasteiger partial charge on any atom is 0.326 e. The molecule has 1 amide bonds. The second-order valence-electron chi connectivity index (χ2n) is 3.99. The third-order valence-corrected chi connectivity index (χ3v) is 2.93. The molecule has 1 heterocycles. The molecule has 0 aromatic rings. The van der Waals surface area contributed by atoms with E-state index < -0.39 is 18.0 Å². The zero-order valence-corrected chi connectivity index (χ0v) is 9.89. The van der Waals surface area contributed by atoms with E-state index in [1.54, 1.807) is 0 Å². The van der Waals surface area contributed by atoms with E-state index in [0.717, 1.165) is 0 Å². The molecule has 2 atom stereocenters. The second-order valence-corrected chi connectivity index (χ2v) is 4.60. The van der Waals surface area contributed by atoms with Crippen LogP contribution in [0.4, 0.5) is 0 Å². The van der Waals surface area contributed by atoms with E-state index in [1.165, 1.54) is 4.90 Å². The standard InChI is InChI=1S/C10H14ClNO5/c11-6-4-8(13)12(5-6)7(10(16)17)2-1-3-9(14)15/h6-7H,1-5H2,(H,14,15)(H,16,17). The van der Waals surface area contributed by atoms with Crippen molar-refractivity contribution in [3.8, 4) is 0 Å². The van der Waals surface area contributed by atoms with E-state index in [0.29, 0.717) is 0 Å². The lowest BCUT2D eigenvalue weighted by Gasteiger charge is -2.24. The van der Waals surface area contributed by atoms with Gasteiger partial charge in [-0.05, 0) is 12.8 Å². The molecule has 1 rings (SSSR count). The number of carboxylic acid groups (broad SMARTS) is 2. The summed E-state index contributed by atoms with van der Waals surface area (Å²) in [5.74, 6) is -2.38. The molecule has 0 aliphatic carbocycles. The topological polar surface area (TPSA) is 94.9 Å². The molecule has 0 saturated carbocycles. The number of halogens is 1. The number of aliphatic carboxylic acids is 2. The van der Waals surface area contributed by atoms with Crippen LogP contribution in [0, 0.1) is 0 Å². The van der Waals surface area contributed by atoms with Gasteiger partial charge in [0.05, 0.1) is 5.38 Å². The summed E-state index contributed by atoms with van der Waals surface area (Å²) < 4.78 is 0. The van der Waals surface area contributed by atoms with Gasteiger partial charge in [-0.1, -0.05) is 0 Å². The maximum absolute atomic E-state index is 11.5. The van der Waals surface area contributed by atoms with Crippen LogP contribution in [0.25, 0.3) is 0 Å². The maximum atomic E-state index is 11.5. The summed E-state index contributed by atoms with van der Waals surface area (Å²) in [6, 6.07) is -0.967. The molecule has 0 spiro atoms. The van der Waals surface area contributed by atoms with Crippen LogP contribution in [0.15, 0.2) is 0 Å². The normalized spacial score (nSPS) is 21.6. The minimum atomic E-state index is -1.12. The number of amides is 1. The molecule has 2 unspecified atom stereocenters. The van der Waals surface area contributed by atoms with E-state index in [2.05, 4.69) is 0 Å². The first-order valence-corrected chi connectivity index (χ1v) is 5.73. The van der Waals surface area contributed by atoms with Crippen molar-refractivity contribution >= 4 is 29.4 Å². The molecule has 1 aliphatic rings. The minimum absolute atomic E-state index is 0.101. The molecule has 0 aromatic carbocycles. The van der Waals surface area contributed by atoms with Crippen molar-refractivity contribution in [1.29, 1.82) is 0 Å². The van der Waals surface area contributed by atoms with E-state index >= 15 is 0 Å². The molecule has 7 heteroatoms. The third kappa shape index (κ3) is 3.89. The second kappa shape index (κ2) is 5.86. The van der Waals surface area contributed by atoms with Crippen LogP contribution >= 0.6 is 11.6 Å². The zero-order chi connectivity index (χ0) is 13.0. The average Bonchev–Trinajstić information content (AvgIpc) is 2.51. The summed E-state index contributed by atoms with van der Waals surface area (Å²) in [5.41, 5.74) is 0. The number of hydrogen-bond acceptors (Lipinski definition) is 3. The fourth-order valence-corrected chi connectivity index (χ4v) is 2.13. The Bertz CT molecular complexity index is 333. The number of carbonyl (C=O) groups is 3. The quantitative estimate of drug-likeness (QED) is 0.682. The first kappa shape index (κ1) is 13.8. The summed E-state index contributed by atoms with van der Waals surface area (Å²) in [6.07, 6.45) is 0.403. The number of rotatable bonds is 6. The van der Waals surface area contributed by atoms with Crippen molar-refractivity contribution in [3.63, 3.8) is 0 Å². The van der Waals surface area contributed by atoms with Crippen LogP contribution in [0.3, 0.4) is 0 Å². The van der Waals surface area contributed by atoms with Crippen LogP contribution < -0.4 is 0 Å². The van der Waals surface area contributed by atoms with Gasteiger partial charge in [-0.15, -0.1) is 11.6 Å². The zero-order valence-electron chi connectivity index (χ0n) is 9.13. The van der Waals surface area contributed by atoms with Crippen molar-refractivity contribution in [2.75, 3.05) is 6.54 Å². The molecule has 17 heavy (non-hydrogen) atoms. The average molecular weight is 264 g/mol. The fraction of sp³-hybridized carbons (Fsp3) is 0.700. The molecule has 6 nitrogen and oxygen atoms in total. The Morgan fingerprint density at radius 2 is 2.12 bits per heavy atom. The smallest absolute Gasteiger partial charge is 0.326 e. The van der Waals surface area contributed by atoms with Gasteiger partial charge in [0.2, 0.25) is 5.91 Å². The van der Waals surface area contributed by atoms with Gasteiger partial charge >= 0.3 is 11.9 Å². The first-order chi connectivity index (χ1) is 7.91. The molecule has 0 aromatic heterocycles. The number of likely N-dealkylation sites (tertiary alicyclic amines) is 1. The Labute approximate surface area is 103 Å². The van der Waals surface area contributed by atoms with E-state index in [1.807, 2.05) is 0 Å². The molecular weight excluding hydrogens is 250 g/mol. The highest BCUT2D eigenvalue weighted by Gasteiger charge is 2.36. The highest BCUT2D eigenvalue weighted by molar-refractivity contribution is 6.22. The molecule has 1 aliphatic heterocycles. The molecule has 96 valence electrons. The van der Waals surface area contributed by atoms with Crippen LogP contribution in [0.2, 0.25) is 0 Å². The van der Waals surface area contributed by atoms with Gasteiger partial charge in [0.25, 0.3) is 0 Å². The Morgan fingerprint density at radius 1 is 1.47 bits per heavy atom. The monoisotopic (exact) mass is 263 g/mol. The Kier molecular flexibility index (Phi) is 4.74. The Balaban J connectivity index is 2.57. The van der Waals surface area contributed by atoms with E-state index in [-0.39, 0.29) is 43.5 Å². The summed E-state index contributed by atoms with van der Waals surface area (Å²) in [6.45, 7) is 0.213. The van der Waals surface area contributed by atoms with Crippen LogP contribution in [0.1, 0.15) is 25.7 Å². The predicted molar refractivity (Wildman–Crippen MR) is 58.9 cm³/mol. The number of carboxylic acids is 2. The van der Waals surface area contributed by atoms with Gasteiger partial charge in [-0.25, -0.2) is 4.79 Å². The highest BCUT2D eigenvalue weighted by Crippen LogP contribution is 2.21. The van der Waals surface area contributed by atoms with Crippen molar-refractivity contribution < 1.29 is 24.6 Å². The van der Waals surface area contributed by atoms with Crippen molar-refractivity contribution in [2.24, 2.45) is 0 Å². The van der Waals surface area contributed by atoms with Gasteiger partial charge in [0, 0.05) is 19.4 Å². The first-order valence-electron chi connectivity index (χ1n) is 5.30. The highest BCUT2D eigenvalue weighted by atomic mass is 35.5. The van der Waals surface area contributed by atoms with Gasteiger partial charge in [0.1, 0.15) is 6.04 Å². The lowest BCUT2D eigenvalue weighted by molar-refractivity contribution is -0.149. The van der Waals surface area contributed by atoms with Crippen LogP contribution in [-0.4, -0.2) is 50.9 Å². The molecular formula is C10H14ClNO5. The molecule has 2 N–H and O–H groups in total. The number of carbonyl (C=O) groups excluding carboxylic acids is 1. The minimum Gasteiger partial charge on any atom is -0.481 e. The summed E-state index contributed by atoms with van der Waals surface area (Å²) in [4.78, 5) is 34.1. The predicted octanol–water partition coefficient (Wildman–Crippen LogP) is 0.534. The van der Waals surface area contributed by atoms with Crippen LogP contribution in [-0.2, 0) is 14.4 Å². The van der Waals surface area contributed by atoms with Gasteiger partial charge in [-0.2, -0.15) is 0 Å². The van der Waals surface area contributed by atoms with E-state index in [4.69, 9.17) is 21.8 Å². The van der Waals surface area contributed by atoms with Crippen molar-refractivity contribution in [1.82, 2.24) is 4.90 Å². The van der Waals surface area contributed by atoms with Gasteiger partial charge in [0.15, 0.2) is 0 Å². The Hall–Kier alpha value is -1.30. The van der Waals surface area contributed by atoms with Crippen molar-refractivity contribution in [3.05, 3.63) is 0 Å². The molecule has 1 fully saturated rings. The number of nitrogens with zero attached hydrogens (tertiary/aromatic N) is 1. The molecule has 1 saturated heterocycles. The largest absolute Gasteiger partial charge is 0.481 e. The summed E-state index contributed by atoms with van der Waals surface area (Å²) >= 11 is 5.79. The van der Waals surface area contributed by atoms with Crippen molar-refractivity contribution in [2.45, 2.75) is 37.1 Å². The van der Waals surface area contributed by atoms with E-state index in [9.17, 15) is 14.4 Å². The summed E-state index contributed by atoms with van der Waals surface area (Å²) in [7, 11) is 0. The molecule has 0 bridgehead atoms. The van der Waals surface area contributed by atoms with Gasteiger partial charge < -0.3 is 15.1 Å².